The predicted molar refractivity (Wildman–Crippen MR) is 66.4 cm³/mol. The van der Waals surface area contributed by atoms with Gasteiger partial charge in [0.1, 0.15) is 6.04 Å². The maximum atomic E-state index is 12.0. The van der Waals surface area contributed by atoms with Gasteiger partial charge < -0.3 is 20.1 Å². The van der Waals surface area contributed by atoms with Crippen LogP contribution in [0.2, 0.25) is 0 Å². The van der Waals surface area contributed by atoms with Gasteiger partial charge in [-0.3, -0.25) is 4.79 Å². The minimum Gasteiger partial charge on any atom is -0.480 e. The summed E-state index contributed by atoms with van der Waals surface area (Å²) in [6.07, 6.45) is 2.26. The SMILES string of the molecule is COCCN(C(=O)N[C@@H](C)C(=O)O)C(C)C1CC1. The number of carboxylic acid groups (broad SMARTS) is 1. The molecule has 0 aliphatic heterocycles. The Kier molecular flexibility index (Phi) is 5.40. The number of hydrogen-bond donors (Lipinski definition) is 2. The van der Waals surface area contributed by atoms with Gasteiger partial charge in [0.25, 0.3) is 0 Å². The molecule has 0 radical (unpaired) electrons. The van der Waals surface area contributed by atoms with Crippen LogP contribution in [0.1, 0.15) is 26.7 Å². The lowest BCUT2D eigenvalue weighted by Crippen LogP contribution is -2.51. The van der Waals surface area contributed by atoms with E-state index in [1.54, 1.807) is 12.0 Å². The number of carbonyl (C=O) groups is 2. The average molecular weight is 258 g/mol. The van der Waals surface area contributed by atoms with Crippen molar-refractivity contribution in [3.63, 3.8) is 0 Å². The number of aliphatic carboxylic acids is 1. The van der Waals surface area contributed by atoms with Crippen molar-refractivity contribution in [2.24, 2.45) is 5.92 Å². The number of carboxylic acids is 1. The summed E-state index contributed by atoms with van der Waals surface area (Å²) in [7, 11) is 1.58. The number of urea groups is 1. The van der Waals surface area contributed by atoms with Gasteiger partial charge in [-0.25, -0.2) is 4.79 Å². The van der Waals surface area contributed by atoms with Crippen LogP contribution >= 0.6 is 0 Å². The Morgan fingerprint density at radius 3 is 2.50 bits per heavy atom. The third-order valence-electron chi connectivity index (χ3n) is 3.30. The second-order valence-electron chi connectivity index (χ2n) is 4.77. The summed E-state index contributed by atoms with van der Waals surface area (Å²) in [5, 5.41) is 11.3. The summed E-state index contributed by atoms with van der Waals surface area (Å²) < 4.78 is 4.99. The van der Waals surface area contributed by atoms with Crippen molar-refractivity contribution in [2.75, 3.05) is 20.3 Å². The second-order valence-corrected chi connectivity index (χ2v) is 4.77. The Morgan fingerprint density at radius 1 is 1.44 bits per heavy atom. The van der Waals surface area contributed by atoms with E-state index in [-0.39, 0.29) is 12.1 Å². The number of ether oxygens (including phenoxy) is 1. The quantitative estimate of drug-likeness (QED) is 0.711. The van der Waals surface area contributed by atoms with Gasteiger partial charge in [0, 0.05) is 19.7 Å². The fourth-order valence-corrected chi connectivity index (χ4v) is 1.84. The average Bonchev–Trinajstić information content (AvgIpc) is 3.12. The molecule has 1 aliphatic rings. The highest BCUT2D eigenvalue weighted by Gasteiger charge is 2.34. The molecule has 0 aromatic carbocycles. The van der Waals surface area contributed by atoms with Crippen LogP contribution in [0.3, 0.4) is 0 Å². The monoisotopic (exact) mass is 258 g/mol. The molecule has 0 aromatic heterocycles. The van der Waals surface area contributed by atoms with E-state index in [1.165, 1.54) is 6.92 Å². The van der Waals surface area contributed by atoms with E-state index in [0.717, 1.165) is 12.8 Å². The van der Waals surface area contributed by atoms with Crippen molar-refractivity contribution in [1.29, 1.82) is 0 Å². The smallest absolute Gasteiger partial charge is 0.325 e. The molecule has 6 nitrogen and oxygen atoms in total. The molecule has 0 spiro atoms. The fraction of sp³-hybridized carbons (Fsp3) is 0.833. The van der Waals surface area contributed by atoms with E-state index in [9.17, 15) is 9.59 Å². The Balaban J connectivity index is 2.56. The van der Waals surface area contributed by atoms with Gasteiger partial charge in [-0.2, -0.15) is 0 Å². The van der Waals surface area contributed by atoms with E-state index < -0.39 is 12.0 Å². The third kappa shape index (κ3) is 4.18. The number of hydrogen-bond acceptors (Lipinski definition) is 3. The normalized spacial score (nSPS) is 17.9. The number of carbonyl (C=O) groups excluding carboxylic acids is 1. The number of nitrogens with one attached hydrogen (secondary N) is 1. The van der Waals surface area contributed by atoms with Crippen molar-refractivity contribution in [1.82, 2.24) is 10.2 Å². The molecule has 1 aliphatic carbocycles. The first-order valence-corrected chi connectivity index (χ1v) is 6.26. The van der Waals surface area contributed by atoms with Crippen LogP contribution in [0.15, 0.2) is 0 Å². The van der Waals surface area contributed by atoms with Gasteiger partial charge in [0.15, 0.2) is 0 Å². The van der Waals surface area contributed by atoms with Gasteiger partial charge >= 0.3 is 12.0 Å². The lowest BCUT2D eigenvalue weighted by atomic mass is 10.2. The van der Waals surface area contributed by atoms with Gasteiger partial charge in [-0.15, -0.1) is 0 Å². The maximum absolute atomic E-state index is 12.0. The molecule has 0 saturated heterocycles. The topological polar surface area (TPSA) is 78.9 Å². The fourth-order valence-electron chi connectivity index (χ4n) is 1.84. The highest BCUT2D eigenvalue weighted by atomic mass is 16.5. The van der Waals surface area contributed by atoms with Gasteiger partial charge in [-0.1, -0.05) is 0 Å². The van der Waals surface area contributed by atoms with Gasteiger partial charge in [0.05, 0.1) is 6.61 Å². The molecule has 1 rings (SSSR count). The standard InChI is InChI=1S/C12H22N2O4/c1-8(11(15)16)13-12(17)14(6-7-18-3)9(2)10-4-5-10/h8-10H,4-7H2,1-3H3,(H,13,17)(H,15,16)/t8-,9?/m0/s1. The molecule has 0 heterocycles. The highest BCUT2D eigenvalue weighted by Crippen LogP contribution is 2.35. The molecule has 2 atom stereocenters. The Bertz CT molecular complexity index is 304. The Hall–Kier alpha value is -1.30. The van der Waals surface area contributed by atoms with E-state index in [0.29, 0.717) is 19.1 Å². The molecule has 2 amide bonds. The minimum absolute atomic E-state index is 0.126. The van der Waals surface area contributed by atoms with Crippen molar-refractivity contribution in [3.05, 3.63) is 0 Å². The highest BCUT2D eigenvalue weighted by molar-refractivity contribution is 5.82. The summed E-state index contributed by atoms with van der Waals surface area (Å²) >= 11 is 0. The Labute approximate surface area is 107 Å². The summed E-state index contributed by atoms with van der Waals surface area (Å²) in [4.78, 5) is 24.4. The Morgan fingerprint density at radius 2 is 2.06 bits per heavy atom. The maximum Gasteiger partial charge on any atom is 0.325 e. The van der Waals surface area contributed by atoms with Crippen LogP contribution in [0.25, 0.3) is 0 Å². The molecular weight excluding hydrogens is 236 g/mol. The number of nitrogens with zero attached hydrogens (tertiary/aromatic N) is 1. The van der Waals surface area contributed by atoms with Crippen molar-refractivity contribution < 1.29 is 19.4 Å². The van der Waals surface area contributed by atoms with Crippen molar-refractivity contribution in [2.45, 2.75) is 38.8 Å². The van der Waals surface area contributed by atoms with Crippen LogP contribution in [0, 0.1) is 5.92 Å². The van der Waals surface area contributed by atoms with Crippen LogP contribution in [-0.4, -0.2) is 54.4 Å². The molecule has 104 valence electrons. The summed E-state index contributed by atoms with van der Waals surface area (Å²) in [5.41, 5.74) is 0. The first kappa shape index (κ1) is 14.8. The molecule has 1 fully saturated rings. The lowest BCUT2D eigenvalue weighted by Gasteiger charge is -2.30. The summed E-state index contributed by atoms with van der Waals surface area (Å²) in [5.74, 6) is -0.498. The van der Waals surface area contributed by atoms with Crippen LogP contribution in [0.4, 0.5) is 4.79 Å². The van der Waals surface area contributed by atoms with Gasteiger partial charge in [0.2, 0.25) is 0 Å². The molecule has 0 aromatic rings. The predicted octanol–water partition coefficient (Wildman–Crippen LogP) is 0.916. The molecule has 1 unspecified atom stereocenters. The first-order valence-electron chi connectivity index (χ1n) is 6.26. The second kappa shape index (κ2) is 6.58. The zero-order chi connectivity index (χ0) is 13.7. The van der Waals surface area contributed by atoms with E-state index in [2.05, 4.69) is 5.32 Å². The minimum atomic E-state index is -1.03. The van der Waals surface area contributed by atoms with E-state index >= 15 is 0 Å². The summed E-state index contributed by atoms with van der Waals surface area (Å²) in [6.45, 7) is 4.38. The molecule has 0 bridgehead atoms. The van der Waals surface area contributed by atoms with Crippen LogP contribution in [-0.2, 0) is 9.53 Å². The number of methoxy groups -OCH3 is 1. The number of amides is 2. The van der Waals surface area contributed by atoms with Gasteiger partial charge in [-0.05, 0) is 32.6 Å². The molecule has 6 heteroatoms. The third-order valence-corrected chi connectivity index (χ3v) is 3.30. The molecule has 18 heavy (non-hydrogen) atoms. The zero-order valence-corrected chi connectivity index (χ0v) is 11.2. The van der Waals surface area contributed by atoms with Crippen molar-refractivity contribution in [3.8, 4) is 0 Å². The van der Waals surface area contributed by atoms with E-state index in [1.807, 2.05) is 6.92 Å². The molecule has 1 saturated carbocycles. The van der Waals surface area contributed by atoms with Crippen LogP contribution in [0.5, 0.6) is 0 Å². The summed E-state index contributed by atoms with van der Waals surface area (Å²) in [6, 6.07) is -1.09. The van der Waals surface area contributed by atoms with Crippen LogP contribution < -0.4 is 5.32 Å². The largest absolute Gasteiger partial charge is 0.480 e. The lowest BCUT2D eigenvalue weighted by molar-refractivity contribution is -0.138. The zero-order valence-electron chi connectivity index (χ0n) is 11.2. The van der Waals surface area contributed by atoms with E-state index in [4.69, 9.17) is 9.84 Å². The molecule has 2 N–H and O–H groups in total. The first-order chi connectivity index (χ1) is 8.47. The molecular formula is C12H22N2O4. The van der Waals surface area contributed by atoms with Crippen molar-refractivity contribution >= 4 is 12.0 Å². The number of rotatable bonds is 7.